The van der Waals surface area contributed by atoms with Crippen molar-refractivity contribution in [1.29, 1.82) is 0 Å². The molecule has 152 valence electrons. The van der Waals surface area contributed by atoms with Crippen molar-refractivity contribution in [2.45, 2.75) is 12.8 Å². The van der Waals surface area contributed by atoms with Crippen molar-refractivity contribution in [3.05, 3.63) is 106 Å². The lowest BCUT2D eigenvalue weighted by Crippen LogP contribution is -2.26. The molecule has 3 aromatic carbocycles. The molecule has 2 aromatic heterocycles. The van der Waals surface area contributed by atoms with Gasteiger partial charge in [-0.2, -0.15) is 4.73 Å². The van der Waals surface area contributed by atoms with Crippen LogP contribution >= 0.6 is 0 Å². The van der Waals surface area contributed by atoms with Crippen molar-refractivity contribution in [1.82, 2.24) is 19.7 Å². The van der Waals surface area contributed by atoms with E-state index in [-0.39, 0.29) is 11.3 Å². The van der Waals surface area contributed by atoms with E-state index in [2.05, 4.69) is 9.97 Å². The Balaban J connectivity index is 1.83. The third-order valence-electron chi connectivity index (χ3n) is 5.05. The Labute approximate surface area is 176 Å². The number of aromatic amines is 1. The maximum absolute atomic E-state index is 13.1. The van der Waals surface area contributed by atoms with E-state index in [1.807, 2.05) is 72.8 Å². The third kappa shape index (κ3) is 3.36. The third-order valence-corrected chi connectivity index (χ3v) is 5.05. The number of carbonyl (C=O) groups excluding carboxylic acids is 1. The summed E-state index contributed by atoms with van der Waals surface area (Å²) in [5.41, 5.74) is 3.34. The molecule has 0 spiro atoms. The highest BCUT2D eigenvalue weighted by Gasteiger charge is 2.29. The van der Waals surface area contributed by atoms with Crippen molar-refractivity contribution in [2.24, 2.45) is 0 Å². The summed E-state index contributed by atoms with van der Waals surface area (Å²) in [5, 5.41) is 0. The minimum absolute atomic E-state index is 0.272. The molecular weight excluding hydrogens is 392 g/mol. The second kappa shape index (κ2) is 7.53. The normalized spacial score (nSPS) is 12.2. The van der Waals surface area contributed by atoms with Gasteiger partial charge in [-0.15, -0.1) is 0 Å². The van der Waals surface area contributed by atoms with E-state index in [9.17, 15) is 9.59 Å². The van der Waals surface area contributed by atoms with Gasteiger partial charge in [0, 0.05) is 6.92 Å². The van der Waals surface area contributed by atoms with Gasteiger partial charge in [0.15, 0.2) is 5.82 Å². The van der Waals surface area contributed by atoms with Crippen LogP contribution in [0.5, 0.6) is 0 Å². The van der Waals surface area contributed by atoms with E-state index in [0.717, 1.165) is 5.56 Å². The molecule has 5 aromatic rings. The molecule has 7 nitrogen and oxygen atoms in total. The molecule has 7 heteroatoms. The maximum Gasteiger partial charge on any atom is 0.329 e. The number of benzene rings is 3. The van der Waals surface area contributed by atoms with Gasteiger partial charge >= 0.3 is 5.97 Å². The SMILES string of the molecule is CC(=O)On1c(C(c2ccccc2)c2nc3ccccc3[nH]c2=O)nc2ccccc21. The van der Waals surface area contributed by atoms with E-state index < -0.39 is 11.9 Å². The predicted octanol–water partition coefficient (Wildman–Crippen LogP) is 3.43. The van der Waals surface area contributed by atoms with Crippen LogP contribution in [0.15, 0.2) is 83.7 Å². The monoisotopic (exact) mass is 410 g/mol. The summed E-state index contributed by atoms with van der Waals surface area (Å²) < 4.78 is 1.39. The van der Waals surface area contributed by atoms with E-state index >= 15 is 0 Å². The number of carbonyl (C=O) groups is 1. The number of rotatable bonds is 4. The molecule has 0 fully saturated rings. The highest BCUT2D eigenvalue weighted by atomic mass is 16.7. The van der Waals surface area contributed by atoms with Gasteiger partial charge < -0.3 is 9.82 Å². The Morgan fingerprint density at radius 3 is 2.35 bits per heavy atom. The first-order chi connectivity index (χ1) is 15.1. The van der Waals surface area contributed by atoms with Crippen molar-refractivity contribution < 1.29 is 9.63 Å². The first-order valence-electron chi connectivity index (χ1n) is 9.82. The summed E-state index contributed by atoms with van der Waals surface area (Å²) in [6.45, 7) is 1.33. The van der Waals surface area contributed by atoms with Crippen LogP contribution in [0.3, 0.4) is 0 Å². The van der Waals surface area contributed by atoms with E-state index in [1.54, 1.807) is 6.07 Å². The molecular formula is C24H18N4O3. The van der Waals surface area contributed by atoms with E-state index in [0.29, 0.717) is 27.9 Å². The van der Waals surface area contributed by atoms with Crippen LogP contribution in [0.4, 0.5) is 0 Å². The number of hydrogen-bond acceptors (Lipinski definition) is 5. The molecule has 2 heterocycles. The van der Waals surface area contributed by atoms with Crippen LogP contribution in [0.2, 0.25) is 0 Å². The van der Waals surface area contributed by atoms with Gasteiger partial charge in [-0.05, 0) is 29.8 Å². The number of nitrogens with zero attached hydrogens (tertiary/aromatic N) is 3. The maximum atomic E-state index is 13.1. The summed E-state index contributed by atoms with van der Waals surface area (Å²) in [6, 6.07) is 24.2. The Hall–Kier alpha value is -4.26. The quantitative estimate of drug-likeness (QED) is 0.490. The number of H-pyrrole nitrogens is 1. The number of fused-ring (bicyclic) bond motifs is 2. The van der Waals surface area contributed by atoms with Gasteiger partial charge in [-0.3, -0.25) is 4.79 Å². The van der Waals surface area contributed by atoms with Crippen LogP contribution < -0.4 is 10.4 Å². The summed E-state index contributed by atoms with van der Waals surface area (Å²) in [7, 11) is 0. The molecule has 0 saturated heterocycles. The molecule has 0 amide bonds. The average Bonchev–Trinajstić information content (AvgIpc) is 3.12. The van der Waals surface area contributed by atoms with Crippen molar-refractivity contribution in [3.63, 3.8) is 0 Å². The molecule has 0 saturated carbocycles. The second-order valence-electron chi connectivity index (χ2n) is 7.15. The summed E-state index contributed by atoms with van der Waals surface area (Å²) in [4.78, 5) is 42.8. The van der Waals surface area contributed by atoms with E-state index in [1.165, 1.54) is 11.7 Å². The Kier molecular flexibility index (Phi) is 4.55. The van der Waals surface area contributed by atoms with Crippen LogP contribution in [0.1, 0.15) is 29.9 Å². The lowest BCUT2D eigenvalue weighted by molar-refractivity contribution is -0.141. The Morgan fingerprint density at radius 2 is 1.58 bits per heavy atom. The molecule has 0 aliphatic heterocycles. The van der Waals surface area contributed by atoms with Gasteiger partial charge in [0.1, 0.15) is 11.2 Å². The molecule has 1 N–H and O–H groups in total. The molecule has 0 radical (unpaired) electrons. The highest BCUT2D eigenvalue weighted by Crippen LogP contribution is 2.31. The van der Waals surface area contributed by atoms with Crippen LogP contribution in [-0.2, 0) is 4.79 Å². The predicted molar refractivity (Wildman–Crippen MR) is 117 cm³/mol. The fraction of sp³-hybridized carbons (Fsp3) is 0.0833. The minimum atomic E-state index is -0.652. The first kappa shape index (κ1) is 18.7. The number of imidazole rings is 1. The summed E-state index contributed by atoms with van der Waals surface area (Å²) in [6.07, 6.45) is 0. The Bertz CT molecular complexity index is 1470. The summed E-state index contributed by atoms with van der Waals surface area (Å²) in [5.74, 6) is -0.742. The van der Waals surface area contributed by atoms with Gasteiger partial charge in [-0.1, -0.05) is 54.6 Å². The van der Waals surface area contributed by atoms with Crippen LogP contribution in [-0.4, -0.2) is 25.7 Å². The molecule has 0 bridgehead atoms. The standard InChI is InChI=1S/C24H18N4O3/c1-15(29)31-28-20-14-8-7-13-19(20)26-23(28)21(16-9-3-2-4-10-16)22-24(30)27-18-12-6-5-11-17(18)25-22/h2-14,21H,1H3,(H,27,30). The van der Waals surface area contributed by atoms with Gasteiger partial charge in [0.2, 0.25) is 0 Å². The topological polar surface area (TPSA) is 89.9 Å². The largest absolute Gasteiger partial charge is 0.335 e. The zero-order valence-corrected chi connectivity index (χ0v) is 16.6. The zero-order valence-electron chi connectivity index (χ0n) is 16.6. The average molecular weight is 410 g/mol. The van der Waals surface area contributed by atoms with Crippen molar-refractivity contribution in [3.8, 4) is 0 Å². The molecule has 1 atom stereocenters. The van der Waals surface area contributed by atoms with Crippen LogP contribution in [0.25, 0.3) is 22.1 Å². The first-order valence-corrected chi connectivity index (χ1v) is 9.82. The second-order valence-corrected chi connectivity index (χ2v) is 7.15. The highest BCUT2D eigenvalue weighted by molar-refractivity contribution is 5.78. The van der Waals surface area contributed by atoms with Crippen LogP contribution in [0, 0.1) is 0 Å². The lowest BCUT2D eigenvalue weighted by Gasteiger charge is -2.17. The van der Waals surface area contributed by atoms with Crippen molar-refractivity contribution >= 4 is 28.0 Å². The minimum Gasteiger partial charge on any atom is -0.335 e. The van der Waals surface area contributed by atoms with Gasteiger partial charge in [-0.25, -0.2) is 14.8 Å². The smallest absolute Gasteiger partial charge is 0.329 e. The van der Waals surface area contributed by atoms with E-state index in [4.69, 9.17) is 9.82 Å². The fourth-order valence-corrected chi connectivity index (χ4v) is 3.74. The zero-order chi connectivity index (χ0) is 21.4. The number of para-hydroxylation sites is 4. The summed E-state index contributed by atoms with van der Waals surface area (Å²) >= 11 is 0. The molecule has 31 heavy (non-hydrogen) atoms. The lowest BCUT2D eigenvalue weighted by atomic mass is 9.95. The number of hydrogen-bond donors (Lipinski definition) is 1. The van der Waals surface area contributed by atoms with Crippen molar-refractivity contribution in [2.75, 3.05) is 0 Å². The molecule has 1 unspecified atom stereocenters. The number of aromatic nitrogens is 4. The van der Waals surface area contributed by atoms with Gasteiger partial charge in [0.25, 0.3) is 5.56 Å². The fourth-order valence-electron chi connectivity index (χ4n) is 3.74. The molecule has 5 rings (SSSR count). The molecule has 0 aliphatic carbocycles. The Morgan fingerprint density at radius 1 is 0.903 bits per heavy atom. The number of nitrogens with one attached hydrogen (secondary N) is 1. The van der Waals surface area contributed by atoms with Gasteiger partial charge in [0.05, 0.1) is 22.5 Å². The molecule has 0 aliphatic rings.